The zero-order valence-electron chi connectivity index (χ0n) is 14.5. The lowest BCUT2D eigenvalue weighted by Gasteiger charge is -2.07. The Morgan fingerprint density at radius 2 is 1.52 bits per heavy atom. The van der Waals surface area contributed by atoms with Gasteiger partial charge in [-0.15, -0.1) is 0 Å². The summed E-state index contributed by atoms with van der Waals surface area (Å²) in [6.45, 7) is 0.652. The molecule has 6 heteroatoms. The molecule has 0 unspecified atom stereocenters. The highest BCUT2D eigenvalue weighted by Crippen LogP contribution is 2.16. The number of aromatic nitrogens is 2. The predicted molar refractivity (Wildman–Crippen MR) is 105 cm³/mol. The van der Waals surface area contributed by atoms with Gasteiger partial charge >= 0.3 is 0 Å². The predicted octanol–water partition coefficient (Wildman–Crippen LogP) is 2.88. The number of H-pyrrole nitrogens is 1. The second kappa shape index (κ2) is 7.29. The average molecular weight is 358 g/mol. The van der Waals surface area contributed by atoms with Crippen molar-refractivity contribution in [2.45, 2.75) is 0 Å². The lowest BCUT2D eigenvalue weighted by molar-refractivity contribution is 0.0926. The van der Waals surface area contributed by atoms with Gasteiger partial charge in [-0.3, -0.25) is 14.7 Å². The summed E-state index contributed by atoms with van der Waals surface area (Å²) in [5, 5.41) is 15.4. The Bertz CT molecular complexity index is 1130. The topological polar surface area (TPSA) is 86.9 Å². The van der Waals surface area contributed by atoms with E-state index in [-0.39, 0.29) is 11.8 Å². The van der Waals surface area contributed by atoms with Crippen molar-refractivity contribution < 1.29 is 9.59 Å². The summed E-state index contributed by atoms with van der Waals surface area (Å²) in [7, 11) is 0. The molecule has 2 amide bonds. The first kappa shape index (κ1) is 16.8. The van der Waals surface area contributed by atoms with Crippen LogP contribution >= 0.6 is 0 Å². The molecular weight excluding hydrogens is 340 g/mol. The van der Waals surface area contributed by atoms with Gasteiger partial charge in [0.15, 0.2) is 5.69 Å². The number of carbonyl (C=O) groups is 2. The van der Waals surface area contributed by atoms with Crippen LogP contribution in [0.25, 0.3) is 21.7 Å². The van der Waals surface area contributed by atoms with Crippen LogP contribution in [0.15, 0.2) is 66.7 Å². The molecule has 0 saturated heterocycles. The SMILES string of the molecule is O=C(NCCNC(=O)c1n[nH]c2ccccc12)c1ccc2ccccc2c1. The van der Waals surface area contributed by atoms with Gasteiger partial charge in [0, 0.05) is 24.0 Å². The molecule has 1 heterocycles. The van der Waals surface area contributed by atoms with E-state index >= 15 is 0 Å². The molecule has 0 saturated carbocycles. The smallest absolute Gasteiger partial charge is 0.272 e. The summed E-state index contributed by atoms with van der Waals surface area (Å²) in [5.41, 5.74) is 1.76. The zero-order chi connectivity index (χ0) is 18.6. The first-order chi connectivity index (χ1) is 13.2. The van der Waals surface area contributed by atoms with Crippen molar-refractivity contribution in [1.29, 1.82) is 0 Å². The van der Waals surface area contributed by atoms with E-state index in [2.05, 4.69) is 20.8 Å². The van der Waals surface area contributed by atoms with Crippen LogP contribution in [0.1, 0.15) is 20.8 Å². The zero-order valence-corrected chi connectivity index (χ0v) is 14.5. The summed E-state index contributed by atoms with van der Waals surface area (Å²) < 4.78 is 0. The van der Waals surface area contributed by atoms with Gasteiger partial charge in [0.2, 0.25) is 0 Å². The van der Waals surface area contributed by atoms with Crippen LogP contribution < -0.4 is 10.6 Å². The number of rotatable bonds is 5. The molecule has 0 spiro atoms. The Labute approximate surface area is 155 Å². The molecular formula is C21H18N4O2. The molecule has 3 aromatic carbocycles. The second-order valence-corrected chi connectivity index (χ2v) is 6.19. The molecule has 27 heavy (non-hydrogen) atoms. The molecule has 3 N–H and O–H groups in total. The number of aromatic amines is 1. The molecule has 0 atom stereocenters. The standard InChI is InChI=1S/C21H18N4O2/c26-20(16-10-9-14-5-1-2-6-15(14)13-16)22-11-12-23-21(27)19-17-7-3-4-8-18(17)24-25-19/h1-10,13H,11-12H2,(H,22,26)(H,23,27)(H,24,25). The Hall–Kier alpha value is -3.67. The molecule has 1 aromatic heterocycles. The van der Waals surface area contributed by atoms with Crippen molar-refractivity contribution in [2.24, 2.45) is 0 Å². The highest BCUT2D eigenvalue weighted by Gasteiger charge is 2.13. The number of hydrogen-bond donors (Lipinski definition) is 3. The minimum absolute atomic E-state index is 0.166. The Morgan fingerprint density at radius 3 is 2.37 bits per heavy atom. The number of carbonyl (C=O) groups excluding carboxylic acids is 2. The molecule has 4 rings (SSSR count). The third kappa shape index (κ3) is 3.50. The van der Waals surface area contributed by atoms with E-state index in [1.54, 1.807) is 6.07 Å². The summed E-state index contributed by atoms with van der Waals surface area (Å²) >= 11 is 0. The monoisotopic (exact) mass is 358 g/mol. The Balaban J connectivity index is 1.32. The van der Waals surface area contributed by atoms with Crippen molar-refractivity contribution in [3.63, 3.8) is 0 Å². The lowest BCUT2D eigenvalue weighted by atomic mass is 10.1. The number of para-hydroxylation sites is 1. The number of nitrogens with zero attached hydrogens (tertiary/aromatic N) is 1. The van der Waals surface area contributed by atoms with E-state index in [4.69, 9.17) is 0 Å². The summed E-state index contributed by atoms with van der Waals surface area (Å²) in [4.78, 5) is 24.6. The summed E-state index contributed by atoms with van der Waals surface area (Å²) in [6.07, 6.45) is 0. The molecule has 0 aliphatic heterocycles. The van der Waals surface area contributed by atoms with Gasteiger partial charge in [0.1, 0.15) is 0 Å². The van der Waals surface area contributed by atoms with Crippen LogP contribution in [0, 0.1) is 0 Å². The molecule has 0 bridgehead atoms. The summed E-state index contributed by atoms with van der Waals surface area (Å²) in [6, 6.07) is 20.9. The van der Waals surface area contributed by atoms with Gasteiger partial charge in [-0.1, -0.05) is 48.5 Å². The second-order valence-electron chi connectivity index (χ2n) is 6.19. The maximum atomic E-state index is 12.3. The minimum Gasteiger partial charge on any atom is -0.350 e. The number of benzene rings is 3. The highest BCUT2D eigenvalue weighted by molar-refractivity contribution is 6.04. The van der Waals surface area contributed by atoms with Crippen LogP contribution in [0.4, 0.5) is 0 Å². The number of amides is 2. The fraction of sp³-hybridized carbons (Fsp3) is 0.0952. The molecule has 134 valence electrons. The molecule has 0 radical (unpaired) electrons. The molecule has 6 nitrogen and oxygen atoms in total. The van der Waals surface area contributed by atoms with E-state index in [0.717, 1.165) is 21.7 Å². The maximum absolute atomic E-state index is 12.3. The van der Waals surface area contributed by atoms with Gasteiger partial charge in [-0.2, -0.15) is 5.10 Å². The normalized spacial score (nSPS) is 10.8. The van der Waals surface area contributed by atoms with Gasteiger partial charge in [0.05, 0.1) is 5.52 Å². The largest absolute Gasteiger partial charge is 0.350 e. The fourth-order valence-electron chi connectivity index (χ4n) is 3.00. The Morgan fingerprint density at radius 1 is 0.815 bits per heavy atom. The van der Waals surface area contributed by atoms with Gasteiger partial charge in [-0.05, 0) is 29.0 Å². The minimum atomic E-state index is -0.271. The number of fused-ring (bicyclic) bond motifs is 2. The van der Waals surface area contributed by atoms with Crippen LogP contribution in [0.2, 0.25) is 0 Å². The average Bonchev–Trinajstić information content (AvgIpc) is 3.15. The van der Waals surface area contributed by atoms with Crippen molar-refractivity contribution in [3.8, 4) is 0 Å². The van der Waals surface area contributed by atoms with E-state index in [9.17, 15) is 9.59 Å². The van der Waals surface area contributed by atoms with Crippen molar-refractivity contribution >= 4 is 33.5 Å². The van der Waals surface area contributed by atoms with E-state index in [0.29, 0.717) is 24.3 Å². The van der Waals surface area contributed by atoms with Crippen molar-refractivity contribution in [3.05, 3.63) is 78.0 Å². The molecule has 4 aromatic rings. The van der Waals surface area contributed by atoms with E-state index in [1.807, 2.05) is 60.7 Å². The van der Waals surface area contributed by atoms with Crippen LogP contribution in [0.5, 0.6) is 0 Å². The highest BCUT2D eigenvalue weighted by atomic mass is 16.2. The van der Waals surface area contributed by atoms with Gasteiger partial charge < -0.3 is 10.6 Å². The van der Waals surface area contributed by atoms with Gasteiger partial charge in [0.25, 0.3) is 11.8 Å². The summed E-state index contributed by atoms with van der Waals surface area (Å²) in [5.74, 6) is -0.437. The van der Waals surface area contributed by atoms with Crippen LogP contribution in [-0.4, -0.2) is 35.1 Å². The van der Waals surface area contributed by atoms with E-state index in [1.165, 1.54) is 0 Å². The lowest BCUT2D eigenvalue weighted by Crippen LogP contribution is -2.34. The Kier molecular flexibility index (Phi) is 4.53. The van der Waals surface area contributed by atoms with Gasteiger partial charge in [-0.25, -0.2) is 0 Å². The van der Waals surface area contributed by atoms with Crippen molar-refractivity contribution in [1.82, 2.24) is 20.8 Å². The van der Waals surface area contributed by atoms with E-state index < -0.39 is 0 Å². The first-order valence-corrected chi connectivity index (χ1v) is 8.71. The van der Waals surface area contributed by atoms with Crippen LogP contribution in [-0.2, 0) is 0 Å². The third-order valence-corrected chi connectivity index (χ3v) is 4.39. The first-order valence-electron chi connectivity index (χ1n) is 8.71. The van der Waals surface area contributed by atoms with Crippen molar-refractivity contribution in [2.75, 3.05) is 13.1 Å². The molecule has 0 fully saturated rings. The fourth-order valence-corrected chi connectivity index (χ4v) is 3.00. The quantitative estimate of drug-likeness (QED) is 0.480. The molecule has 0 aliphatic carbocycles. The third-order valence-electron chi connectivity index (χ3n) is 4.39. The maximum Gasteiger partial charge on any atom is 0.272 e. The van der Waals surface area contributed by atoms with Crippen LogP contribution in [0.3, 0.4) is 0 Å². The molecule has 0 aliphatic rings. The number of hydrogen-bond acceptors (Lipinski definition) is 3. The number of nitrogens with one attached hydrogen (secondary N) is 3.